The van der Waals surface area contributed by atoms with Gasteiger partial charge in [0, 0.05) is 5.41 Å². The smallest absolute Gasteiger partial charge is 0.119 e. The lowest BCUT2D eigenvalue weighted by molar-refractivity contribution is 0.227. The lowest BCUT2D eigenvalue weighted by Gasteiger charge is -2.14. The predicted octanol–water partition coefficient (Wildman–Crippen LogP) is 2.19. The van der Waals surface area contributed by atoms with Crippen LogP contribution in [0.5, 0.6) is 5.75 Å². The molecule has 1 fully saturated rings. The molecule has 2 nitrogen and oxygen atoms in total. The molecule has 0 spiro atoms. The van der Waals surface area contributed by atoms with Gasteiger partial charge in [0.15, 0.2) is 0 Å². The van der Waals surface area contributed by atoms with Crippen LogP contribution < -0.4 is 10.5 Å². The Hall–Kier alpha value is -1.02. The highest BCUT2D eigenvalue weighted by molar-refractivity contribution is 5.21. The van der Waals surface area contributed by atoms with Gasteiger partial charge in [0.05, 0.1) is 6.61 Å². The molecule has 0 aliphatic heterocycles. The molecule has 0 heterocycles. The minimum absolute atomic E-state index is 0.407. The van der Waals surface area contributed by atoms with E-state index in [9.17, 15) is 0 Å². The summed E-state index contributed by atoms with van der Waals surface area (Å²) in [4.78, 5) is 0. The van der Waals surface area contributed by atoms with Crippen LogP contribution in [0.1, 0.15) is 19.3 Å². The Kier molecular flexibility index (Phi) is 2.73. The molecular weight excluding hydrogens is 174 g/mol. The molecule has 14 heavy (non-hydrogen) atoms. The van der Waals surface area contributed by atoms with Crippen LogP contribution in [-0.2, 0) is 0 Å². The highest BCUT2D eigenvalue weighted by Gasteiger charge is 2.42. The Morgan fingerprint density at radius 1 is 1.21 bits per heavy atom. The fourth-order valence-electron chi connectivity index (χ4n) is 1.70. The summed E-state index contributed by atoms with van der Waals surface area (Å²) < 4.78 is 5.73. The number of para-hydroxylation sites is 1. The molecule has 0 saturated heterocycles. The molecule has 1 aromatic carbocycles. The van der Waals surface area contributed by atoms with E-state index in [2.05, 4.69) is 0 Å². The van der Waals surface area contributed by atoms with Crippen molar-refractivity contribution in [3.05, 3.63) is 30.3 Å². The van der Waals surface area contributed by atoms with Crippen LogP contribution in [0.3, 0.4) is 0 Å². The molecule has 1 aliphatic carbocycles. The predicted molar refractivity (Wildman–Crippen MR) is 57.3 cm³/mol. The van der Waals surface area contributed by atoms with Crippen molar-refractivity contribution in [2.45, 2.75) is 19.3 Å². The van der Waals surface area contributed by atoms with Gasteiger partial charge >= 0.3 is 0 Å². The molecular formula is C12H17NO. The van der Waals surface area contributed by atoms with Gasteiger partial charge in [0.2, 0.25) is 0 Å². The second-order valence-electron chi connectivity index (χ2n) is 4.14. The Morgan fingerprint density at radius 2 is 1.93 bits per heavy atom. The minimum atomic E-state index is 0.407. The lowest BCUT2D eigenvalue weighted by Crippen LogP contribution is -2.17. The maximum atomic E-state index is 5.73. The van der Waals surface area contributed by atoms with E-state index in [1.54, 1.807) is 0 Å². The lowest BCUT2D eigenvalue weighted by atomic mass is 10.0. The third-order valence-electron chi connectivity index (χ3n) is 2.92. The molecule has 1 saturated carbocycles. The summed E-state index contributed by atoms with van der Waals surface area (Å²) in [5.74, 6) is 0.968. The molecule has 0 atom stereocenters. The van der Waals surface area contributed by atoms with E-state index in [0.717, 1.165) is 25.3 Å². The first-order valence-corrected chi connectivity index (χ1v) is 5.23. The van der Waals surface area contributed by atoms with E-state index in [0.29, 0.717) is 5.41 Å². The molecule has 0 amide bonds. The van der Waals surface area contributed by atoms with E-state index < -0.39 is 0 Å². The van der Waals surface area contributed by atoms with Gasteiger partial charge < -0.3 is 10.5 Å². The Labute approximate surface area is 85.1 Å². The van der Waals surface area contributed by atoms with Gasteiger partial charge in [-0.1, -0.05) is 18.2 Å². The van der Waals surface area contributed by atoms with Crippen molar-refractivity contribution in [3.8, 4) is 5.75 Å². The largest absolute Gasteiger partial charge is 0.493 e. The SMILES string of the molecule is NCCC1(COc2ccccc2)CC1. The van der Waals surface area contributed by atoms with Crippen LogP contribution in [0.25, 0.3) is 0 Å². The summed E-state index contributed by atoms with van der Waals surface area (Å²) in [7, 11) is 0. The summed E-state index contributed by atoms with van der Waals surface area (Å²) in [6.45, 7) is 1.60. The summed E-state index contributed by atoms with van der Waals surface area (Å²) in [5, 5.41) is 0. The zero-order chi connectivity index (χ0) is 9.86. The Morgan fingerprint density at radius 3 is 2.50 bits per heavy atom. The highest BCUT2D eigenvalue weighted by Crippen LogP contribution is 2.48. The fourth-order valence-corrected chi connectivity index (χ4v) is 1.70. The second-order valence-corrected chi connectivity index (χ2v) is 4.14. The average Bonchev–Trinajstić information content (AvgIpc) is 2.98. The molecule has 0 bridgehead atoms. The summed E-state index contributed by atoms with van der Waals surface area (Å²) in [6, 6.07) is 9.99. The van der Waals surface area contributed by atoms with Crippen LogP contribution in [0.15, 0.2) is 30.3 Å². The van der Waals surface area contributed by atoms with Gasteiger partial charge in [-0.05, 0) is 37.9 Å². The first kappa shape index (κ1) is 9.53. The average molecular weight is 191 g/mol. The molecule has 0 unspecified atom stereocenters. The zero-order valence-electron chi connectivity index (χ0n) is 8.41. The van der Waals surface area contributed by atoms with Crippen molar-refractivity contribution in [3.63, 3.8) is 0 Å². The number of ether oxygens (including phenoxy) is 1. The standard InChI is InChI=1S/C12H17NO/c13-9-8-12(6-7-12)10-14-11-4-2-1-3-5-11/h1-5H,6-10,13H2. The fraction of sp³-hybridized carbons (Fsp3) is 0.500. The number of hydrogen-bond acceptors (Lipinski definition) is 2. The number of hydrogen-bond donors (Lipinski definition) is 1. The normalized spacial score (nSPS) is 17.8. The summed E-state index contributed by atoms with van der Waals surface area (Å²) in [6.07, 6.45) is 3.65. The van der Waals surface area contributed by atoms with Crippen molar-refractivity contribution < 1.29 is 4.74 Å². The van der Waals surface area contributed by atoms with Crippen LogP contribution >= 0.6 is 0 Å². The molecule has 2 heteroatoms. The third-order valence-corrected chi connectivity index (χ3v) is 2.92. The van der Waals surface area contributed by atoms with Gasteiger partial charge in [-0.2, -0.15) is 0 Å². The number of rotatable bonds is 5. The van der Waals surface area contributed by atoms with Gasteiger partial charge in [-0.15, -0.1) is 0 Å². The summed E-state index contributed by atoms with van der Waals surface area (Å²) >= 11 is 0. The van der Waals surface area contributed by atoms with Crippen molar-refractivity contribution >= 4 is 0 Å². The Bertz CT molecular complexity index is 280. The van der Waals surface area contributed by atoms with Crippen molar-refractivity contribution in [1.29, 1.82) is 0 Å². The van der Waals surface area contributed by atoms with Gasteiger partial charge in [0.1, 0.15) is 5.75 Å². The monoisotopic (exact) mass is 191 g/mol. The van der Waals surface area contributed by atoms with Crippen LogP contribution in [-0.4, -0.2) is 13.2 Å². The minimum Gasteiger partial charge on any atom is -0.493 e. The quantitative estimate of drug-likeness (QED) is 0.774. The van der Waals surface area contributed by atoms with Crippen LogP contribution in [0.2, 0.25) is 0 Å². The first-order valence-electron chi connectivity index (χ1n) is 5.23. The third kappa shape index (κ3) is 2.26. The maximum Gasteiger partial charge on any atom is 0.119 e. The van der Waals surface area contributed by atoms with Gasteiger partial charge in [0.25, 0.3) is 0 Å². The molecule has 2 rings (SSSR count). The van der Waals surface area contributed by atoms with E-state index in [-0.39, 0.29) is 0 Å². The van der Waals surface area contributed by atoms with E-state index >= 15 is 0 Å². The van der Waals surface area contributed by atoms with Crippen molar-refractivity contribution in [2.24, 2.45) is 11.1 Å². The topological polar surface area (TPSA) is 35.2 Å². The molecule has 2 N–H and O–H groups in total. The Balaban J connectivity index is 1.83. The van der Waals surface area contributed by atoms with Crippen molar-refractivity contribution in [1.82, 2.24) is 0 Å². The van der Waals surface area contributed by atoms with Crippen LogP contribution in [0, 0.1) is 5.41 Å². The van der Waals surface area contributed by atoms with Gasteiger partial charge in [-0.25, -0.2) is 0 Å². The van der Waals surface area contributed by atoms with Crippen molar-refractivity contribution in [2.75, 3.05) is 13.2 Å². The number of benzene rings is 1. The van der Waals surface area contributed by atoms with Crippen LogP contribution in [0.4, 0.5) is 0 Å². The summed E-state index contributed by atoms with van der Waals surface area (Å²) in [5.41, 5.74) is 5.98. The van der Waals surface area contributed by atoms with E-state index in [4.69, 9.17) is 10.5 Å². The molecule has 0 aromatic heterocycles. The molecule has 76 valence electrons. The van der Waals surface area contributed by atoms with E-state index in [1.807, 2.05) is 30.3 Å². The first-order chi connectivity index (χ1) is 6.85. The van der Waals surface area contributed by atoms with E-state index in [1.165, 1.54) is 12.8 Å². The van der Waals surface area contributed by atoms with Gasteiger partial charge in [-0.3, -0.25) is 0 Å². The maximum absolute atomic E-state index is 5.73. The highest BCUT2D eigenvalue weighted by atomic mass is 16.5. The molecule has 0 radical (unpaired) electrons. The molecule has 1 aliphatic rings. The number of nitrogens with two attached hydrogens (primary N) is 1. The molecule has 1 aromatic rings. The zero-order valence-corrected chi connectivity index (χ0v) is 8.41. The second kappa shape index (κ2) is 4.01.